The third-order valence-electron chi connectivity index (χ3n) is 4.08. The Morgan fingerprint density at radius 1 is 1.48 bits per heavy atom. The van der Waals surface area contributed by atoms with E-state index >= 15 is 0 Å². The topological polar surface area (TPSA) is 128 Å². The molecule has 0 amide bonds. The second kappa shape index (κ2) is 5.54. The predicted octanol–water partition coefficient (Wildman–Crippen LogP) is -5.03. The van der Waals surface area contributed by atoms with Crippen LogP contribution in [0.4, 0.5) is 4.39 Å². The van der Waals surface area contributed by atoms with E-state index in [2.05, 4.69) is 4.98 Å². The summed E-state index contributed by atoms with van der Waals surface area (Å²) in [6.45, 7) is -0.619. The number of nitrogens with zero attached hydrogens (tertiary/aromatic N) is 1. The molecule has 0 bridgehead atoms. The zero-order chi connectivity index (χ0) is 17.8. The lowest BCUT2D eigenvalue weighted by Crippen LogP contribution is -2.59. The maximum atomic E-state index is 15.0. The molecule has 1 aromatic rings. The van der Waals surface area contributed by atoms with Crippen molar-refractivity contribution in [1.82, 2.24) is 9.55 Å². The molecule has 13 heteroatoms. The largest absolute Gasteiger partial charge is 0.402 e. The van der Waals surface area contributed by atoms with E-state index in [1.165, 1.54) is 7.85 Å². The molecule has 0 unspecified atom stereocenters. The number of alkyl halides is 1. The molecule has 2 rings (SSSR count). The maximum absolute atomic E-state index is 15.0. The van der Waals surface area contributed by atoms with Crippen LogP contribution >= 0.6 is 12.2 Å². The lowest BCUT2D eigenvalue weighted by molar-refractivity contribution is -0.243. The second-order valence-electron chi connectivity index (χ2n) is 6.19. The molecular formula is C10H16B3FN2O6S. The van der Waals surface area contributed by atoms with Crippen LogP contribution in [-0.4, -0.2) is 77.0 Å². The summed E-state index contributed by atoms with van der Waals surface area (Å²) >= 11 is 4.98. The van der Waals surface area contributed by atoms with E-state index in [1.807, 2.05) is 0 Å². The minimum atomic E-state index is -2.98. The Hall–Kier alpha value is -0.975. The Kier molecular flexibility index (Phi) is 4.42. The van der Waals surface area contributed by atoms with E-state index in [0.29, 0.717) is 0 Å². The highest BCUT2D eigenvalue weighted by molar-refractivity contribution is 7.71. The van der Waals surface area contributed by atoms with Crippen molar-refractivity contribution in [1.29, 1.82) is 0 Å². The summed E-state index contributed by atoms with van der Waals surface area (Å²) < 4.78 is 21.0. The summed E-state index contributed by atoms with van der Waals surface area (Å²) in [7, 11) is 3.41. The van der Waals surface area contributed by atoms with E-state index < -0.39 is 41.3 Å². The fourth-order valence-electron chi connectivity index (χ4n) is 2.55. The van der Waals surface area contributed by atoms with Crippen LogP contribution in [0.15, 0.2) is 11.0 Å². The lowest BCUT2D eigenvalue weighted by atomic mass is 9.59. The Morgan fingerprint density at radius 3 is 2.48 bits per heavy atom. The third kappa shape index (κ3) is 2.61. The molecule has 0 saturated carbocycles. The fourth-order valence-corrected chi connectivity index (χ4v) is 2.88. The van der Waals surface area contributed by atoms with Crippen LogP contribution in [0.5, 0.6) is 0 Å². The number of aromatic nitrogens is 2. The summed E-state index contributed by atoms with van der Waals surface area (Å²) in [5.41, 5.74) is -2.65. The molecule has 4 atom stereocenters. The van der Waals surface area contributed by atoms with E-state index in [4.69, 9.17) is 17.0 Å². The maximum Gasteiger partial charge on any atom is 0.257 e. The normalized spacial score (nSPS) is 34.7. The number of H-pyrrole nitrogens is 1. The van der Waals surface area contributed by atoms with Gasteiger partial charge in [0, 0.05) is 6.20 Å². The molecule has 1 fully saturated rings. The van der Waals surface area contributed by atoms with Gasteiger partial charge in [-0.15, -0.1) is 0 Å². The molecule has 2 heterocycles. The third-order valence-corrected chi connectivity index (χ3v) is 4.38. The van der Waals surface area contributed by atoms with Crippen LogP contribution in [0.2, 0.25) is 0 Å². The molecule has 0 aromatic carbocycles. The molecule has 0 spiro atoms. The van der Waals surface area contributed by atoms with Gasteiger partial charge in [0.25, 0.3) is 11.4 Å². The van der Waals surface area contributed by atoms with Gasteiger partial charge in [-0.1, -0.05) is 0 Å². The summed E-state index contributed by atoms with van der Waals surface area (Å²) in [5, 5.41) is 37.3. The van der Waals surface area contributed by atoms with Gasteiger partial charge >= 0.3 is 0 Å². The van der Waals surface area contributed by atoms with Crippen LogP contribution in [0, 0.1) is 4.77 Å². The number of aromatic amines is 1. The first-order chi connectivity index (χ1) is 10.4. The van der Waals surface area contributed by atoms with Crippen LogP contribution in [0.3, 0.4) is 0 Å². The van der Waals surface area contributed by atoms with Crippen molar-refractivity contribution in [2.45, 2.75) is 35.7 Å². The summed E-state index contributed by atoms with van der Waals surface area (Å²) in [6, 6.07) is 0. The van der Waals surface area contributed by atoms with E-state index in [9.17, 15) is 29.6 Å². The van der Waals surface area contributed by atoms with Crippen molar-refractivity contribution in [3.05, 3.63) is 26.9 Å². The predicted molar refractivity (Wildman–Crippen MR) is 87.3 cm³/mol. The number of halogens is 1. The summed E-state index contributed by atoms with van der Waals surface area (Å²) in [4.78, 5) is 13.9. The van der Waals surface area contributed by atoms with Gasteiger partial charge in [0.15, 0.2) is 12.6 Å². The standard InChI is InChI=1S/C10H16B3FN2O6S/c11-9(16-1-3(2-17)6(20)15-7(16)23)5(19)4(18)8(14,22-9)10(12,13)21/h1,4-5,17-19,21H,2,11-13H2,(H,15,20,23)/t4-,5+,8-,9-/m0/s1. The van der Waals surface area contributed by atoms with E-state index in [1.54, 1.807) is 0 Å². The summed E-state index contributed by atoms with van der Waals surface area (Å²) in [6.07, 6.45) is -2.77. The molecule has 1 aliphatic heterocycles. The van der Waals surface area contributed by atoms with Crippen molar-refractivity contribution >= 4 is 35.8 Å². The quantitative estimate of drug-likeness (QED) is 0.274. The first-order valence-electron chi connectivity index (χ1n) is 6.82. The number of hydrogen-bond acceptors (Lipinski definition) is 7. The highest BCUT2D eigenvalue weighted by Gasteiger charge is 2.66. The zero-order valence-corrected chi connectivity index (χ0v) is 13.6. The van der Waals surface area contributed by atoms with Gasteiger partial charge in [-0.25, -0.2) is 4.39 Å². The Balaban J connectivity index is 2.64. The number of hydrogen-bond donors (Lipinski definition) is 5. The lowest BCUT2D eigenvalue weighted by Gasteiger charge is -2.37. The molecule has 1 saturated heterocycles. The van der Waals surface area contributed by atoms with Gasteiger partial charge in [0.2, 0.25) is 0 Å². The fraction of sp³-hybridized carbons (Fsp3) is 0.600. The molecule has 1 aliphatic rings. The number of rotatable bonds is 3. The van der Waals surface area contributed by atoms with Gasteiger partial charge in [-0.05, 0) is 12.2 Å². The van der Waals surface area contributed by atoms with Crippen LogP contribution in [0.1, 0.15) is 5.56 Å². The molecular weight excluding hydrogens is 328 g/mol. The molecule has 0 radical (unpaired) electrons. The smallest absolute Gasteiger partial charge is 0.257 e. The van der Waals surface area contributed by atoms with Crippen LogP contribution < -0.4 is 5.56 Å². The van der Waals surface area contributed by atoms with Gasteiger partial charge in [-0.3, -0.25) is 9.78 Å². The first kappa shape index (κ1) is 18.4. The van der Waals surface area contributed by atoms with Gasteiger partial charge in [0.1, 0.15) is 33.5 Å². The van der Waals surface area contributed by atoms with Crippen molar-refractivity contribution in [3.63, 3.8) is 0 Å². The molecule has 23 heavy (non-hydrogen) atoms. The minimum Gasteiger partial charge on any atom is -0.402 e. The minimum absolute atomic E-state index is 0.0928. The average Bonchev–Trinajstić information content (AvgIpc) is 2.61. The van der Waals surface area contributed by atoms with Crippen LogP contribution in [0.25, 0.3) is 0 Å². The molecule has 1 aromatic heterocycles. The van der Waals surface area contributed by atoms with Crippen molar-refractivity contribution in [3.8, 4) is 0 Å². The van der Waals surface area contributed by atoms with Crippen LogP contribution in [-0.2, 0) is 17.0 Å². The van der Waals surface area contributed by atoms with Crippen molar-refractivity contribution in [2.75, 3.05) is 0 Å². The van der Waals surface area contributed by atoms with Gasteiger partial charge in [0.05, 0.1) is 17.6 Å². The van der Waals surface area contributed by atoms with E-state index in [-0.39, 0.29) is 10.3 Å². The van der Waals surface area contributed by atoms with Crippen molar-refractivity contribution in [2.24, 2.45) is 0 Å². The zero-order valence-electron chi connectivity index (χ0n) is 12.8. The number of ether oxygens (including phenoxy) is 1. The first-order valence-corrected chi connectivity index (χ1v) is 7.23. The average molecular weight is 344 g/mol. The highest BCUT2D eigenvalue weighted by Crippen LogP contribution is 2.44. The van der Waals surface area contributed by atoms with E-state index in [0.717, 1.165) is 26.5 Å². The van der Waals surface area contributed by atoms with Crippen molar-refractivity contribution < 1.29 is 29.6 Å². The second-order valence-corrected chi connectivity index (χ2v) is 6.58. The molecule has 124 valence electrons. The Bertz CT molecular complexity index is 739. The highest BCUT2D eigenvalue weighted by atomic mass is 32.1. The Morgan fingerprint density at radius 2 is 2.04 bits per heavy atom. The molecule has 5 N–H and O–H groups in total. The molecule has 0 aliphatic carbocycles. The van der Waals surface area contributed by atoms with Gasteiger partial charge < -0.3 is 29.7 Å². The van der Waals surface area contributed by atoms with Gasteiger partial charge in [-0.2, -0.15) is 0 Å². The SMILES string of the molecule is BC(B)(O)[C@@]1(F)O[C@@](B)(n2cc(CO)c(=O)[nH]c2=S)[C@H](O)[C@@H]1O. The summed E-state index contributed by atoms with van der Waals surface area (Å²) in [5.74, 6) is -2.98. The number of aliphatic hydroxyl groups is 4. The number of nitrogens with one attached hydrogen (secondary N) is 1. The Labute approximate surface area is 138 Å². The molecule has 8 nitrogen and oxygen atoms in total. The number of aliphatic hydroxyl groups excluding tert-OH is 3. The monoisotopic (exact) mass is 344 g/mol.